The van der Waals surface area contributed by atoms with E-state index in [-0.39, 0.29) is 0 Å². The van der Waals surface area contributed by atoms with Crippen LogP contribution >= 0.6 is 0 Å². The lowest BCUT2D eigenvalue weighted by molar-refractivity contribution is 0.817. The van der Waals surface area contributed by atoms with Crippen molar-refractivity contribution in [2.75, 3.05) is 17.6 Å². The number of rotatable bonds is 5. The molecular formula is C15H17N5. The van der Waals surface area contributed by atoms with Gasteiger partial charge in [0.25, 0.3) is 0 Å². The van der Waals surface area contributed by atoms with Gasteiger partial charge >= 0.3 is 0 Å². The minimum Gasteiger partial charge on any atom is -0.398 e. The van der Waals surface area contributed by atoms with Gasteiger partial charge in [-0.05, 0) is 24.6 Å². The molecule has 4 N–H and O–H groups in total. The number of benzene rings is 1. The molecule has 0 atom stereocenters. The predicted octanol–water partition coefficient (Wildman–Crippen LogP) is 2.58. The number of nitrogens with one attached hydrogen (secondary N) is 2. The molecule has 0 radical (unpaired) electrons. The van der Waals surface area contributed by atoms with Crippen molar-refractivity contribution in [2.24, 2.45) is 0 Å². The van der Waals surface area contributed by atoms with Crippen LogP contribution in [-0.4, -0.2) is 21.5 Å². The summed E-state index contributed by atoms with van der Waals surface area (Å²) in [5.74, 6) is 1.02. The van der Waals surface area contributed by atoms with Crippen LogP contribution in [0.1, 0.15) is 12.2 Å². The summed E-state index contributed by atoms with van der Waals surface area (Å²) in [6, 6.07) is 5.88. The highest BCUT2D eigenvalue weighted by atomic mass is 14.9. The van der Waals surface area contributed by atoms with Gasteiger partial charge in [-0.2, -0.15) is 0 Å². The third-order valence-electron chi connectivity index (χ3n) is 3.31. The van der Waals surface area contributed by atoms with E-state index >= 15 is 0 Å². The van der Waals surface area contributed by atoms with Gasteiger partial charge in [0.15, 0.2) is 0 Å². The van der Waals surface area contributed by atoms with Crippen molar-refractivity contribution in [1.82, 2.24) is 15.0 Å². The van der Waals surface area contributed by atoms with Crippen molar-refractivity contribution >= 4 is 22.1 Å². The molecular weight excluding hydrogens is 250 g/mol. The van der Waals surface area contributed by atoms with Crippen molar-refractivity contribution in [1.29, 1.82) is 0 Å². The fourth-order valence-corrected chi connectivity index (χ4v) is 2.28. The number of fused-ring (bicyclic) bond motifs is 1. The standard InChI is InChI=1S/C15H17N5/c16-13-3-4-14(12-10-17-7-5-11(12)13)18-6-1-2-15-19-8-9-20-15/h3-5,7-10,18H,1-2,6,16H2,(H,19,20). The lowest BCUT2D eigenvalue weighted by Gasteiger charge is -2.10. The third kappa shape index (κ3) is 2.56. The van der Waals surface area contributed by atoms with E-state index in [2.05, 4.69) is 20.3 Å². The second-order valence-electron chi connectivity index (χ2n) is 4.69. The Morgan fingerprint density at radius 3 is 2.95 bits per heavy atom. The van der Waals surface area contributed by atoms with Crippen LogP contribution in [-0.2, 0) is 6.42 Å². The molecule has 20 heavy (non-hydrogen) atoms. The van der Waals surface area contributed by atoms with Crippen molar-refractivity contribution in [2.45, 2.75) is 12.8 Å². The summed E-state index contributed by atoms with van der Waals surface area (Å²) in [5.41, 5.74) is 7.83. The number of hydrogen-bond acceptors (Lipinski definition) is 4. The highest BCUT2D eigenvalue weighted by Gasteiger charge is 2.03. The van der Waals surface area contributed by atoms with Crippen LogP contribution in [0.15, 0.2) is 43.0 Å². The largest absolute Gasteiger partial charge is 0.398 e. The number of imidazole rings is 1. The smallest absolute Gasteiger partial charge is 0.106 e. The van der Waals surface area contributed by atoms with Gasteiger partial charge in [0.05, 0.1) is 0 Å². The number of nitrogens with two attached hydrogens (primary N) is 1. The molecule has 5 heteroatoms. The maximum absolute atomic E-state index is 5.98. The zero-order valence-corrected chi connectivity index (χ0v) is 11.1. The fourth-order valence-electron chi connectivity index (χ4n) is 2.28. The number of aryl methyl sites for hydroxylation is 1. The van der Waals surface area contributed by atoms with E-state index in [1.807, 2.05) is 30.6 Å². The van der Waals surface area contributed by atoms with Crippen LogP contribution in [0.5, 0.6) is 0 Å². The van der Waals surface area contributed by atoms with E-state index < -0.39 is 0 Å². The number of nitrogen functional groups attached to an aromatic ring is 1. The number of pyridine rings is 1. The Balaban J connectivity index is 1.67. The summed E-state index contributed by atoms with van der Waals surface area (Å²) >= 11 is 0. The molecule has 0 bridgehead atoms. The summed E-state index contributed by atoms with van der Waals surface area (Å²) in [7, 11) is 0. The molecule has 0 saturated heterocycles. The minimum absolute atomic E-state index is 0.781. The van der Waals surface area contributed by atoms with Crippen LogP contribution in [0.3, 0.4) is 0 Å². The van der Waals surface area contributed by atoms with E-state index in [0.717, 1.165) is 47.4 Å². The summed E-state index contributed by atoms with van der Waals surface area (Å²) in [5, 5.41) is 5.54. The second kappa shape index (κ2) is 5.61. The molecule has 0 spiro atoms. The maximum Gasteiger partial charge on any atom is 0.106 e. The molecule has 0 unspecified atom stereocenters. The first kappa shape index (κ1) is 12.5. The molecule has 0 fully saturated rings. The van der Waals surface area contributed by atoms with Crippen LogP contribution in [0.4, 0.5) is 11.4 Å². The third-order valence-corrected chi connectivity index (χ3v) is 3.31. The summed E-state index contributed by atoms with van der Waals surface area (Å²) in [6.07, 6.45) is 9.19. The molecule has 0 aliphatic carbocycles. The molecule has 3 aromatic rings. The molecule has 0 amide bonds. The van der Waals surface area contributed by atoms with Gasteiger partial charge in [0, 0.05) is 59.9 Å². The highest BCUT2D eigenvalue weighted by molar-refractivity contribution is 6.00. The molecule has 2 aromatic heterocycles. The number of nitrogens with zero attached hydrogens (tertiary/aromatic N) is 2. The average Bonchev–Trinajstić information content (AvgIpc) is 2.99. The SMILES string of the molecule is Nc1ccc(NCCCc2ncc[nH]2)c2cnccc12. The Morgan fingerprint density at radius 1 is 1.15 bits per heavy atom. The predicted molar refractivity (Wildman–Crippen MR) is 81.6 cm³/mol. The van der Waals surface area contributed by atoms with Gasteiger partial charge < -0.3 is 16.0 Å². The Morgan fingerprint density at radius 2 is 2.10 bits per heavy atom. The Hall–Kier alpha value is -2.56. The van der Waals surface area contributed by atoms with Crippen molar-refractivity contribution in [3.63, 3.8) is 0 Å². The number of hydrogen-bond donors (Lipinski definition) is 3. The first-order chi connectivity index (χ1) is 9.84. The van der Waals surface area contributed by atoms with Gasteiger partial charge in [-0.15, -0.1) is 0 Å². The van der Waals surface area contributed by atoms with Crippen molar-refractivity contribution in [3.05, 3.63) is 48.8 Å². The number of aromatic amines is 1. The molecule has 0 aliphatic rings. The van der Waals surface area contributed by atoms with Crippen molar-refractivity contribution < 1.29 is 0 Å². The summed E-state index contributed by atoms with van der Waals surface area (Å²) in [6.45, 7) is 0.884. The monoisotopic (exact) mass is 267 g/mol. The zero-order chi connectivity index (χ0) is 13.8. The average molecular weight is 267 g/mol. The Labute approximate surface area is 117 Å². The minimum atomic E-state index is 0.781. The molecule has 102 valence electrons. The van der Waals surface area contributed by atoms with E-state index in [9.17, 15) is 0 Å². The Bertz CT molecular complexity index is 691. The number of H-pyrrole nitrogens is 1. The normalized spacial score (nSPS) is 10.8. The lowest BCUT2D eigenvalue weighted by Crippen LogP contribution is -2.04. The van der Waals surface area contributed by atoms with E-state index in [1.54, 1.807) is 12.4 Å². The molecule has 3 rings (SSSR count). The van der Waals surface area contributed by atoms with Crippen LogP contribution in [0.25, 0.3) is 10.8 Å². The van der Waals surface area contributed by atoms with E-state index in [4.69, 9.17) is 5.73 Å². The lowest BCUT2D eigenvalue weighted by atomic mass is 10.1. The molecule has 0 saturated carbocycles. The van der Waals surface area contributed by atoms with Crippen LogP contribution in [0, 0.1) is 0 Å². The topological polar surface area (TPSA) is 79.6 Å². The molecule has 2 heterocycles. The van der Waals surface area contributed by atoms with Crippen LogP contribution < -0.4 is 11.1 Å². The Kier molecular flexibility index (Phi) is 3.50. The van der Waals surface area contributed by atoms with Gasteiger partial charge in [-0.1, -0.05) is 0 Å². The van der Waals surface area contributed by atoms with Gasteiger partial charge in [0.2, 0.25) is 0 Å². The van der Waals surface area contributed by atoms with Gasteiger partial charge in [-0.3, -0.25) is 4.98 Å². The van der Waals surface area contributed by atoms with Crippen LogP contribution in [0.2, 0.25) is 0 Å². The second-order valence-corrected chi connectivity index (χ2v) is 4.69. The van der Waals surface area contributed by atoms with E-state index in [0.29, 0.717) is 0 Å². The first-order valence-corrected chi connectivity index (χ1v) is 6.69. The van der Waals surface area contributed by atoms with Gasteiger partial charge in [0.1, 0.15) is 5.82 Å². The number of anilines is 2. The highest BCUT2D eigenvalue weighted by Crippen LogP contribution is 2.27. The first-order valence-electron chi connectivity index (χ1n) is 6.69. The maximum atomic E-state index is 5.98. The fraction of sp³-hybridized carbons (Fsp3) is 0.200. The quantitative estimate of drug-likeness (QED) is 0.490. The molecule has 5 nitrogen and oxygen atoms in total. The molecule has 0 aliphatic heterocycles. The zero-order valence-electron chi connectivity index (χ0n) is 11.1. The summed E-state index contributed by atoms with van der Waals surface area (Å²) in [4.78, 5) is 11.5. The summed E-state index contributed by atoms with van der Waals surface area (Å²) < 4.78 is 0. The number of aromatic nitrogens is 3. The molecule has 1 aromatic carbocycles. The van der Waals surface area contributed by atoms with Gasteiger partial charge in [-0.25, -0.2) is 4.98 Å². The van der Waals surface area contributed by atoms with Crippen molar-refractivity contribution in [3.8, 4) is 0 Å². The van der Waals surface area contributed by atoms with E-state index in [1.165, 1.54) is 0 Å².